The van der Waals surface area contributed by atoms with Crippen LogP contribution in [0.2, 0.25) is 0 Å². The lowest BCUT2D eigenvalue weighted by Gasteiger charge is -2.22. The molecule has 1 aliphatic rings. The molecule has 1 atom stereocenters. The fourth-order valence-corrected chi connectivity index (χ4v) is 2.77. The van der Waals surface area contributed by atoms with Crippen LogP contribution in [0.25, 0.3) is 0 Å². The van der Waals surface area contributed by atoms with E-state index in [4.69, 9.17) is 0 Å². The highest BCUT2D eigenvalue weighted by Crippen LogP contribution is 2.33. The number of rotatable bonds is 2. The van der Waals surface area contributed by atoms with Crippen molar-refractivity contribution in [3.05, 3.63) is 47.3 Å². The fraction of sp³-hybridized carbons (Fsp3) is 0.267. The van der Waals surface area contributed by atoms with Crippen molar-refractivity contribution in [2.24, 2.45) is 7.05 Å². The highest BCUT2D eigenvalue weighted by Gasteiger charge is 2.39. The minimum Gasteiger partial charge on any atom is -0.480 e. The van der Waals surface area contributed by atoms with Crippen molar-refractivity contribution in [2.75, 3.05) is 4.90 Å². The van der Waals surface area contributed by atoms with E-state index in [0.717, 1.165) is 5.56 Å². The van der Waals surface area contributed by atoms with Crippen LogP contribution in [0.1, 0.15) is 21.6 Å². The van der Waals surface area contributed by atoms with Gasteiger partial charge in [-0.15, -0.1) is 0 Å². The molecule has 1 aromatic carbocycles. The number of para-hydroxylation sites is 1. The zero-order valence-electron chi connectivity index (χ0n) is 11.8. The lowest BCUT2D eigenvalue weighted by Crippen LogP contribution is -2.43. The Morgan fingerprint density at radius 2 is 2.05 bits per heavy atom. The molecule has 6 heteroatoms. The van der Waals surface area contributed by atoms with Crippen molar-refractivity contribution < 1.29 is 14.7 Å². The van der Waals surface area contributed by atoms with Crippen molar-refractivity contribution in [1.29, 1.82) is 0 Å². The number of aliphatic carboxylic acids is 1. The Morgan fingerprint density at radius 1 is 1.33 bits per heavy atom. The highest BCUT2D eigenvalue weighted by atomic mass is 16.4. The van der Waals surface area contributed by atoms with Crippen molar-refractivity contribution >= 4 is 17.6 Å². The van der Waals surface area contributed by atoms with E-state index >= 15 is 0 Å². The number of carboxylic acid groups (broad SMARTS) is 1. The van der Waals surface area contributed by atoms with Gasteiger partial charge in [-0.3, -0.25) is 14.4 Å². The fourth-order valence-electron chi connectivity index (χ4n) is 2.77. The summed E-state index contributed by atoms with van der Waals surface area (Å²) in [5.41, 5.74) is 2.56. The molecule has 0 saturated heterocycles. The summed E-state index contributed by atoms with van der Waals surface area (Å²) in [4.78, 5) is 25.6. The monoisotopic (exact) mass is 285 g/mol. The first-order valence-corrected chi connectivity index (χ1v) is 6.63. The maximum absolute atomic E-state index is 12.8. The quantitative estimate of drug-likeness (QED) is 0.904. The van der Waals surface area contributed by atoms with E-state index in [2.05, 4.69) is 5.10 Å². The van der Waals surface area contributed by atoms with Gasteiger partial charge in [0.05, 0.1) is 11.3 Å². The summed E-state index contributed by atoms with van der Waals surface area (Å²) in [7, 11) is 1.73. The Bertz CT molecular complexity index is 736. The van der Waals surface area contributed by atoms with Crippen molar-refractivity contribution in [3.63, 3.8) is 0 Å². The van der Waals surface area contributed by atoms with Gasteiger partial charge < -0.3 is 5.11 Å². The molecular formula is C15H15N3O3. The van der Waals surface area contributed by atoms with E-state index in [1.807, 2.05) is 12.1 Å². The van der Waals surface area contributed by atoms with Crippen LogP contribution in [0.3, 0.4) is 0 Å². The van der Waals surface area contributed by atoms with E-state index in [0.29, 0.717) is 23.4 Å². The summed E-state index contributed by atoms with van der Waals surface area (Å²) in [5, 5.41) is 13.6. The summed E-state index contributed by atoms with van der Waals surface area (Å²) >= 11 is 0. The summed E-state index contributed by atoms with van der Waals surface area (Å²) < 4.78 is 1.56. The molecule has 6 nitrogen and oxygen atoms in total. The number of carbonyl (C=O) groups is 2. The summed E-state index contributed by atoms with van der Waals surface area (Å²) in [6.45, 7) is 1.74. The molecule has 0 spiro atoms. The Labute approximate surface area is 121 Å². The lowest BCUT2D eigenvalue weighted by atomic mass is 10.1. The number of fused-ring (bicyclic) bond motifs is 1. The van der Waals surface area contributed by atoms with Gasteiger partial charge in [0.2, 0.25) is 0 Å². The Kier molecular flexibility index (Phi) is 3.01. The third-order valence-electron chi connectivity index (χ3n) is 3.72. The Morgan fingerprint density at radius 3 is 2.67 bits per heavy atom. The molecule has 0 bridgehead atoms. The maximum Gasteiger partial charge on any atom is 0.327 e. The molecule has 2 aromatic rings. The molecule has 0 aliphatic carbocycles. The van der Waals surface area contributed by atoms with Crippen LogP contribution >= 0.6 is 0 Å². The average molecular weight is 285 g/mol. The van der Waals surface area contributed by atoms with Crippen LogP contribution in [0.5, 0.6) is 0 Å². The second-order valence-electron chi connectivity index (χ2n) is 5.16. The maximum atomic E-state index is 12.8. The van der Waals surface area contributed by atoms with Gasteiger partial charge >= 0.3 is 5.97 Å². The molecule has 3 rings (SSSR count). The van der Waals surface area contributed by atoms with Gasteiger partial charge in [0, 0.05) is 25.4 Å². The van der Waals surface area contributed by atoms with Crippen molar-refractivity contribution in [2.45, 2.75) is 19.4 Å². The number of amides is 1. The smallest absolute Gasteiger partial charge is 0.327 e. The van der Waals surface area contributed by atoms with E-state index < -0.39 is 12.0 Å². The molecule has 1 aliphatic heterocycles. The summed E-state index contributed by atoms with van der Waals surface area (Å²) in [6.07, 6.45) is 1.95. The van der Waals surface area contributed by atoms with Gasteiger partial charge in [-0.2, -0.15) is 5.10 Å². The third-order valence-corrected chi connectivity index (χ3v) is 3.72. The van der Waals surface area contributed by atoms with Gasteiger partial charge in [-0.25, -0.2) is 4.79 Å². The minimum absolute atomic E-state index is 0.321. The zero-order chi connectivity index (χ0) is 15.1. The second kappa shape index (κ2) is 4.73. The van der Waals surface area contributed by atoms with Crippen LogP contribution in [0, 0.1) is 6.92 Å². The molecule has 2 heterocycles. The van der Waals surface area contributed by atoms with Crippen LogP contribution in [-0.2, 0) is 18.3 Å². The number of benzene rings is 1. The number of aryl methyl sites for hydroxylation is 2. The molecule has 1 amide bonds. The number of hydrogen-bond acceptors (Lipinski definition) is 3. The van der Waals surface area contributed by atoms with Gasteiger partial charge in [0.15, 0.2) is 0 Å². The van der Waals surface area contributed by atoms with Crippen molar-refractivity contribution in [3.8, 4) is 0 Å². The number of anilines is 1. The number of carbonyl (C=O) groups excluding carboxylic acids is 1. The molecule has 0 radical (unpaired) electrons. The predicted octanol–water partition coefficient (Wildman–Crippen LogP) is 1.38. The normalized spacial score (nSPS) is 16.9. The molecule has 1 aromatic heterocycles. The topological polar surface area (TPSA) is 75.4 Å². The molecule has 1 N–H and O–H groups in total. The molecule has 0 unspecified atom stereocenters. The van der Waals surface area contributed by atoms with Gasteiger partial charge in [0.1, 0.15) is 6.04 Å². The molecule has 0 fully saturated rings. The van der Waals surface area contributed by atoms with Gasteiger partial charge in [-0.1, -0.05) is 18.2 Å². The molecule has 108 valence electrons. The van der Waals surface area contributed by atoms with Crippen LogP contribution in [0.15, 0.2) is 30.5 Å². The first kappa shape index (κ1) is 13.4. The van der Waals surface area contributed by atoms with Crippen LogP contribution in [0.4, 0.5) is 5.69 Å². The van der Waals surface area contributed by atoms with E-state index in [9.17, 15) is 14.7 Å². The summed E-state index contributed by atoms with van der Waals surface area (Å²) in [5.74, 6) is -1.32. The average Bonchev–Trinajstić information content (AvgIpc) is 2.98. The molecular weight excluding hydrogens is 270 g/mol. The standard InChI is InChI=1S/C15H15N3O3/c1-9-11(8-17(2)16-9)14(19)18-12-6-4-3-5-10(12)7-13(18)15(20)21/h3-6,8,13H,7H2,1-2H3,(H,20,21)/t13-/m0/s1. The third kappa shape index (κ3) is 2.08. The first-order valence-electron chi connectivity index (χ1n) is 6.63. The number of carboxylic acids is 1. The van der Waals surface area contributed by atoms with Crippen molar-refractivity contribution in [1.82, 2.24) is 9.78 Å². The minimum atomic E-state index is -0.999. The SMILES string of the molecule is Cc1nn(C)cc1C(=O)N1c2ccccc2C[C@H]1C(=O)O. The van der Waals surface area contributed by atoms with Gasteiger partial charge in [0.25, 0.3) is 5.91 Å². The summed E-state index contributed by atoms with van der Waals surface area (Å²) in [6, 6.07) is 6.42. The largest absolute Gasteiger partial charge is 0.480 e. The predicted molar refractivity (Wildman–Crippen MR) is 76.3 cm³/mol. The van der Waals surface area contributed by atoms with Crippen LogP contribution < -0.4 is 4.90 Å². The molecule has 21 heavy (non-hydrogen) atoms. The van der Waals surface area contributed by atoms with E-state index in [1.54, 1.807) is 37.0 Å². The highest BCUT2D eigenvalue weighted by molar-refractivity contribution is 6.11. The van der Waals surface area contributed by atoms with E-state index in [1.165, 1.54) is 4.90 Å². The first-order chi connectivity index (χ1) is 9.99. The second-order valence-corrected chi connectivity index (χ2v) is 5.16. The lowest BCUT2D eigenvalue weighted by molar-refractivity contribution is -0.138. The van der Waals surface area contributed by atoms with E-state index in [-0.39, 0.29) is 5.91 Å². The van der Waals surface area contributed by atoms with Crippen LogP contribution in [-0.4, -0.2) is 32.8 Å². The zero-order valence-corrected chi connectivity index (χ0v) is 11.8. The van der Waals surface area contributed by atoms with Gasteiger partial charge in [-0.05, 0) is 18.6 Å². The molecule has 0 saturated carbocycles. The number of nitrogens with zero attached hydrogens (tertiary/aromatic N) is 3. The number of hydrogen-bond donors (Lipinski definition) is 1. The Hall–Kier alpha value is -2.63. The number of aromatic nitrogens is 2. The Balaban J connectivity index is 2.07.